The Kier molecular flexibility index (Phi) is 5.19. The third kappa shape index (κ3) is 4.70. The first-order valence-corrected chi connectivity index (χ1v) is 4.92. The molecule has 68 valence electrons. The summed E-state index contributed by atoms with van der Waals surface area (Å²) in [5.41, 5.74) is 0. The van der Waals surface area contributed by atoms with Crippen molar-refractivity contribution in [2.75, 3.05) is 6.54 Å². The highest BCUT2D eigenvalue weighted by Crippen LogP contribution is 2.19. The zero-order valence-corrected chi connectivity index (χ0v) is 9.04. The second-order valence-corrected chi connectivity index (χ2v) is 4.72. The molecule has 0 radical (unpaired) electrons. The molecule has 11 heavy (non-hydrogen) atoms. The number of nitrogens with one attached hydrogen (secondary N) is 1. The molecule has 0 saturated heterocycles. The normalized spacial score (nSPS) is 15.0. The first-order chi connectivity index (χ1) is 5.02. The number of thiol groups is 1. The Morgan fingerprint density at radius 3 is 2.18 bits per heavy atom. The Hall–Kier alpha value is 0.310. The second-order valence-electron chi connectivity index (χ2n) is 3.57. The van der Waals surface area contributed by atoms with Gasteiger partial charge in [-0.3, -0.25) is 0 Å². The molecule has 1 N–H and O–H groups in total. The Balaban J connectivity index is 3.76. The van der Waals surface area contributed by atoms with Crippen LogP contribution in [0.25, 0.3) is 0 Å². The van der Waals surface area contributed by atoms with Crippen LogP contribution < -0.4 is 5.32 Å². The van der Waals surface area contributed by atoms with Crippen molar-refractivity contribution >= 4 is 12.6 Å². The predicted molar refractivity (Wildman–Crippen MR) is 55.4 cm³/mol. The third-order valence-corrected chi connectivity index (χ3v) is 2.21. The summed E-state index contributed by atoms with van der Waals surface area (Å²) >= 11 is 4.54. The van der Waals surface area contributed by atoms with Crippen LogP contribution in [0.2, 0.25) is 0 Å². The van der Waals surface area contributed by atoms with Crippen molar-refractivity contribution < 1.29 is 0 Å². The Bertz CT molecular complexity index is 96.2. The minimum atomic E-state index is 0.101. The summed E-state index contributed by atoms with van der Waals surface area (Å²) in [5, 5.41) is 3.48. The van der Waals surface area contributed by atoms with Gasteiger partial charge in [0.25, 0.3) is 0 Å². The van der Waals surface area contributed by atoms with Crippen LogP contribution in [0, 0.1) is 0 Å². The quantitative estimate of drug-likeness (QED) is 0.612. The molecule has 0 rings (SSSR count). The molecule has 1 unspecified atom stereocenters. The zero-order chi connectivity index (χ0) is 8.91. The minimum absolute atomic E-state index is 0.101. The van der Waals surface area contributed by atoms with E-state index in [1.807, 2.05) is 0 Å². The van der Waals surface area contributed by atoms with E-state index in [2.05, 4.69) is 45.6 Å². The summed E-state index contributed by atoms with van der Waals surface area (Å²) in [6, 6.07) is 0.533. The van der Waals surface area contributed by atoms with Gasteiger partial charge in [0, 0.05) is 10.8 Å². The molecule has 2 heteroatoms. The van der Waals surface area contributed by atoms with E-state index in [9.17, 15) is 0 Å². The van der Waals surface area contributed by atoms with Crippen LogP contribution in [0.15, 0.2) is 0 Å². The van der Waals surface area contributed by atoms with Gasteiger partial charge in [-0.2, -0.15) is 12.6 Å². The van der Waals surface area contributed by atoms with E-state index in [1.54, 1.807) is 0 Å². The average Bonchev–Trinajstić information content (AvgIpc) is 1.87. The van der Waals surface area contributed by atoms with E-state index in [4.69, 9.17) is 0 Å². The molecule has 0 spiro atoms. The first-order valence-electron chi connectivity index (χ1n) is 4.48. The molecule has 0 aromatic carbocycles. The van der Waals surface area contributed by atoms with Crippen LogP contribution in [0.4, 0.5) is 0 Å². The van der Waals surface area contributed by atoms with Crippen LogP contribution in [0.3, 0.4) is 0 Å². The molecule has 0 aromatic heterocycles. The topological polar surface area (TPSA) is 12.0 Å². The molecule has 0 bridgehead atoms. The maximum Gasteiger partial charge on any atom is 0.0226 e. The molecule has 0 aliphatic heterocycles. The van der Waals surface area contributed by atoms with E-state index in [-0.39, 0.29) is 4.75 Å². The lowest BCUT2D eigenvalue weighted by molar-refractivity contribution is 0.423. The maximum absolute atomic E-state index is 4.54. The molecule has 0 heterocycles. The van der Waals surface area contributed by atoms with E-state index < -0.39 is 0 Å². The van der Waals surface area contributed by atoms with Gasteiger partial charge in [-0.15, -0.1) is 0 Å². The van der Waals surface area contributed by atoms with Crippen molar-refractivity contribution in [1.82, 2.24) is 5.32 Å². The van der Waals surface area contributed by atoms with E-state index >= 15 is 0 Å². The smallest absolute Gasteiger partial charge is 0.0226 e. The molecule has 0 fully saturated rings. The van der Waals surface area contributed by atoms with Crippen LogP contribution in [0.1, 0.15) is 40.5 Å². The summed E-state index contributed by atoms with van der Waals surface area (Å²) in [6.07, 6.45) is 2.34. The average molecular weight is 175 g/mol. The van der Waals surface area contributed by atoms with Crippen LogP contribution >= 0.6 is 12.6 Å². The van der Waals surface area contributed by atoms with Gasteiger partial charge in [-0.05, 0) is 33.2 Å². The largest absolute Gasteiger partial charge is 0.313 e. The zero-order valence-electron chi connectivity index (χ0n) is 8.15. The highest BCUT2D eigenvalue weighted by Gasteiger charge is 2.22. The van der Waals surface area contributed by atoms with Crippen molar-refractivity contribution in [3.63, 3.8) is 0 Å². The van der Waals surface area contributed by atoms with Crippen LogP contribution in [-0.4, -0.2) is 17.3 Å². The molecule has 0 saturated carbocycles. The SMILES string of the molecule is CCCNC(CC)C(C)(C)S. The van der Waals surface area contributed by atoms with Crippen molar-refractivity contribution in [2.24, 2.45) is 0 Å². The maximum atomic E-state index is 4.54. The van der Waals surface area contributed by atoms with Gasteiger partial charge in [0.05, 0.1) is 0 Å². The monoisotopic (exact) mass is 175 g/mol. The number of rotatable bonds is 5. The van der Waals surface area contributed by atoms with Gasteiger partial charge < -0.3 is 5.32 Å². The molecule has 0 aliphatic rings. The standard InChI is InChI=1S/C9H21NS/c1-5-7-10-8(6-2)9(3,4)11/h8,10-11H,5-7H2,1-4H3. The fourth-order valence-electron chi connectivity index (χ4n) is 1.21. The lowest BCUT2D eigenvalue weighted by Gasteiger charge is -2.29. The highest BCUT2D eigenvalue weighted by atomic mass is 32.1. The summed E-state index contributed by atoms with van der Waals surface area (Å²) in [4.78, 5) is 0. The summed E-state index contributed by atoms with van der Waals surface area (Å²) in [6.45, 7) is 9.80. The third-order valence-electron chi connectivity index (χ3n) is 1.90. The van der Waals surface area contributed by atoms with Crippen LogP contribution in [0.5, 0.6) is 0 Å². The molecular weight excluding hydrogens is 154 g/mol. The summed E-state index contributed by atoms with van der Waals surface area (Å²) < 4.78 is 0.101. The molecule has 0 aromatic rings. The van der Waals surface area contributed by atoms with Gasteiger partial charge >= 0.3 is 0 Å². The molecule has 1 nitrogen and oxygen atoms in total. The summed E-state index contributed by atoms with van der Waals surface area (Å²) in [7, 11) is 0. The van der Waals surface area contributed by atoms with Crippen molar-refractivity contribution in [2.45, 2.75) is 51.3 Å². The van der Waals surface area contributed by atoms with Gasteiger partial charge in [0.2, 0.25) is 0 Å². The fourth-order valence-corrected chi connectivity index (χ4v) is 1.49. The highest BCUT2D eigenvalue weighted by molar-refractivity contribution is 7.81. The Morgan fingerprint density at radius 1 is 1.36 bits per heavy atom. The minimum Gasteiger partial charge on any atom is -0.313 e. The van der Waals surface area contributed by atoms with Crippen molar-refractivity contribution in [3.05, 3.63) is 0 Å². The van der Waals surface area contributed by atoms with Crippen LogP contribution in [-0.2, 0) is 0 Å². The lowest BCUT2D eigenvalue weighted by Crippen LogP contribution is -2.43. The van der Waals surface area contributed by atoms with E-state index in [1.165, 1.54) is 6.42 Å². The fraction of sp³-hybridized carbons (Fsp3) is 1.00. The summed E-state index contributed by atoms with van der Waals surface area (Å²) in [5.74, 6) is 0. The van der Waals surface area contributed by atoms with Gasteiger partial charge in [0.1, 0.15) is 0 Å². The first kappa shape index (κ1) is 11.3. The predicted octanol–water partition coefficient (Wildman–Crippen LogP) is 2.47. The number of hydrogen-bond acceptors (Lipinski definition) is 2. The number of hydrogen-bond donors (Lipinski definition) is 2. The Morgan fingerprint density at radius 2 is 1.91 bits per heavy atom. The van der Waals surface area contributed by atoms with E-state index in [0.29, 0.717) is 6.04 Å². The Labute approximate surface area is 76.4 Å². The van der Waals surface area contributed by atoms with Gasteiger partial charge in [0.15, 0.2) is 0 Å². The van der Waals surface area contributed by atoms with Gasteiger partial charge in [-0.1, -0.05) is 13.8 Å². The molecule has 0 amide bonds. The van der Waals surface area contributed by atoms with Gasteiger partial charge in [-0.25, -0.2) is 0 Å². The van der Waals surface area contributed by atoms with E-state index in [0.717, 1.165) is 13.0 Å². The molecule has 1 atom stereocenters. The molecule has 0 aliphatic carbocycles. The molecular formula is C9H21NS. The lowest BCUT2D eigenvalue weighted by atomic mass is 10.0. The van der Waals surface area contributed by atoms with Crippen molar-refractivity contribution in [3.8, 4) is 0 Å². The second kappa shape index (κ2) is 5.04. The van der Waals surface area contributed by atoms with Crippen molar-refractivity contribution in [1.29, 1.82) is 0 Å².